The molecule has 2 heteroatoms. The van der Waals surface area contributed by atoms with E-state index in [1.807, 2.05) is 0 Å². The Morgan fingerprint density at radius 2 is 2.00 bits per heavy atom. The minimum absolute atomic E-state index is 0.198. The zero-order valence-electron chi connectivity index (χ0n) is 15.2. The number of fused-ring (bicyclic) bond motifs is 5. The summed E-state index contributed by atoms with van der Waals surface area (Å²) >= 11 is 0. The number of hydrogen-bond donors (Lipinski definition) is 1. The Morgan fingerprint density at radius 3 is 2.75 bits per heavy atom. The molecule has 2 bridgehead atoms. The Bertz CT molecular complexity index is 595. The molecule has 6 rings (SSSR count). The molecule has 6 aliphatic rings. The number of aliphatic hydroxyl groups excluding tert-OH is 1. The van der Waals surface area contributed by atoms with Gasteiger partial charge in [-0.2, -0.15) is 0 Å². The van der Waals surface area contributed by atoms with Crippen LogP contribution >= 0.6 is 0 Å². The van der Waals surface area contributed by atoms with Crippen molar-refractivity contribution in [3.8, 4) is 0 Å². The predicted octanol–water partition coefficient (Wildman–Crippen LogP) is 4.23. The third kappa shape index (κ3) is 1.74. The van der Waals surface area contributed by atoms with Gasteiger partial charge >= 0.3 is 0 Å². The normalized spacial score (nSPS) is 58.5. The first-order valence-electron chi connectivity index (χ1n) is 10.4. The number of carbonyl (C=O) groups excluding carboxylic acids is 1. The summed E-state index contributed by atoms with van der Waals surface area (Å²) in [6.07, 6.45) is 7.96. The summed E-state index contributed by atoms with van der Waals surface area (Å²) < 4.78 is 0. The van der Waals surface area contributed by atoms with Gasteiger partial charge < -0.3 is 5.11 Å². The van der Waals surface area contributed by atoms with E-state index in [9.17, 15) is 9.90 Å². The first-order valence-corrected chi connectivity index (χ1v) is 10.4. The third-order valence-electron chi connectivity index (χ3n) is 9.32. The van der Waals surface area contributed by atoms with E-state index in [2.05, 4.69) is 20.4 Å². The molecule has 6 saturated carbocycles. The van der Waals surface area contributed by atoms with Crippen LogP contribution in [0.3, 0.4) is 0 Å². The van der Waals surface area contributed by atoms with Gasteiger partial charge in [-0.25, -0.2) is 0 Å². The van der Waals surface area contributed by atoms with E-state index in [-0.39, 0.29) is 17.4 Å². The van der Waals surface area contributed by atoms with Crippen molar-refractivity contribution in [2.75, 3.05) is 0 Å². The second kappa shape index (κ2) is 4.96. The predicted molar refractivity (Wildman–Crippen MR) is 94.2 cm³/mol. The van der Waals surface area contributed by atoms with Gasteiger partial charge in [-0.05, 0) is 91.4 Å². The largest absolute Gasteiger partial charge is 0.392 e. The van der Waals surface area contributed by atoms with Crippen molar-refractivity contribution in [1.82, 2.24) is 0 Å². The summed E-state index contributed by atoms with van der Waals surface area (Å²) in [4.78, 5) is 13.3. The lowest BCUT2D eigenvalue weighted by Crippen LogP contribution is -2.57. The van der Waals surface area contributed by atoms with E-state index in [0.29, 0.717) is 35.4 Å². The molecule has 0 heterocycles. The van der Waals surface area contributed by atoms with Gasteiger partial charge in [0.2, 0.25) is 0 Å². The number of allylic oxidation sites excluding steroid dienone is 1. The fraction of sp³-hybridized carbons (Fsp3) is 0.864. The highest BCUT2D eigenvalue weighted by atomic mass is 16.3. The molecule has 0 aromatic carbocycles. The van der Waals surface area contributed by atoms with Crippen LogP contribution in [0.5, 0.6) is 0 Å². The molecule has 6 fully saturated rings. The van der Waals surface area contributed by atoms with E-state index in [4.69, 9.17) is 0 Å². The molecule has 132 valence electrons. The van der Waals surface area contributed by atoms with E-state index < -0.39 is 0 Å². The average molecular weight is 328 g/mol. The standard InChI is InChI=1S/C22H32O2/c1-4-13-8-15-9-16(15)17-7-11(2)22-6-5-14(12(3)21(22)24)10-18(22)20(23)19(13)17/h11,13-20,23H,3-10H2,1-2H3. The van der Waals surface area contributed by atoms with Crippen molar-refractivity contribution in [2.45, 2.75) is 64.9 Å². The first-order chi connectivity index (χ1) is 11.5. The number of rotatable bonds is 1. The Labute approximate surface area is 146 Å². The van der Waals surface area contributed by atoms with Crippen LogP contribution in [0, 0.1) is 52.8 Å². The second-order valence-corrected chi connectivity index (χ2v) is 9.90. The Morgan fingerprint density at radius 1 is 1.21 bits per heavy atom. The summed E-state index contributed by atoms with van der Waals surface area (Å²) in [5.74, 6) is 4.86. The van der Waals surface area contributed by atoms with Crippen molar-refractivity contribution < 1.29 is 9.90 Å². The van der Waals surface area contributed by atoms with Crippen LogP contribution in [0.2, 0.25) is 0 Å². The molecule has 24 heavy (non-hydrogen) atoms. The molecule has 1 spiro atoms. The van der Waals surface area contributed by atoms with Crippen molar-refractivity contribution in [1.29, 1.82) is 0 Å². The van der Waals surface area contributed by atoms with Crippen LogP contribution in [0.15, 0.2) is 12.2 Å². The number of carbonyl (C=O) groups is 1. The molecule has 0 amide bonds. The summed E-state index contributed by atoms with van der Waals surface area (Å²) in [5, 5.41) is 11.6. The Kier molecular flexibility index (Phi) is 3.23. The maximum atomic E-state index is 13.3. The highest BCUT2D eigenvalue weighted by Gasteiger charge is 2.66. The number of Topliss-reactive ketones (excluding diaryl/α,β-unsaturated/α-hetero) is 1. The zero-order valence-corrected chi connectivity index (χ0v) is 15.2. The van der Waals surface area contributed by atoms with Gasteiger partial charge in [0, 0.05) is 5.41 Å². The Hall–Kier alpha value is -0.630. The molecule has 6 aliphatic carbocycles. The quantitative estimate of drug-likeness (QED) is 0.732. The van der Waals surface area contributed by atoms with Crippen LogP contribution in [0.4, 0.5) is 0 Å². The molecule has 10 unspecified atom stereocenters. The number of ketones is 1. The monoisotopic (exact) mass is 328 g/mol. The second-order valence-electron chi connectivity index (χ2n) is 9.90. The minimum Gasteiger partial charge on any atom is -0.392 e. The summed E-state index contributed by atoms with van der Waals surface area (Å²) in [7, 11) is 0. The minimum atomic E-state index is -0.286. The van der Waals surface area contributed by atoms with Gasteiger partial charge in [0.25, 0.3) is 0 Å². The molecule has 0 aromatic rings. The lowest BCUT2D eigenvalue weighted by Gasteiger charge is -2.55. The SMILES string of the molecule is C=C1C(=O)C23CCC1CC2C(O)C1C(CC)CC2CC2C1CC3C. The molecule has 10 atom stereocenters. The van der Waals surface area contributed by atoms with Crippen LogP contribution in [-0.2, 0) is 4.79 Å². The average Bonchev–Trinajstić information content (AvgIpc) is 3.37. The summed E-state index contributed by atoms with van der Waals surface area (Å²) in [6.45, 7) is 8.80. The fourth-order valence-corrected chi connectivity index (χ4v) is 8.03. The van der Waals surface area contributed by atoms with Gasteiger partial charge in [0.1, 0.15) is 0 Å². The van der Waals surface area contributed by atoms with Crippen LogP contribution < -0.4 is 0 Å². The highest BCUT2D eigenvalue weighted by molar-refractivity contribution is 6.02. The van der Waals surface area contributed by atoms with Gasteiger partial charge in [0.15, 0.2) is 5.78 Å². The van der Waals surface area contributed by atoms with E-state index >= 15 is 0 Å². The molecular formula is C22H32O2. The molecule has 0 aromatic heterocycles. The van der Waals surface area contributed by atoms with Crippen LogP contribution in [0.25, 0.3) is 0 Å². The van der Waals surface area contributed by atoms with Crippen molar-refractivity contribution in [2.24, 2.45) is 52.8 Å². The zero-order chi connectivity index (χ0) is 16.8. The van der Waals surface area contributed by atoms with Crippen LogP contribution in [0.1, 0.15) is 58.8 Å². The maximum Gasteiger partial charge on any atom is 0.165 e. The highest BCUT2D eigenvalue weighted by Crippen LogP contribution is 2.67. The van der Waals surface area contributed by atoms with E-state index in [1.165, 1.54) is 25.7 Å². The van der Waals surface area contributed by atoms with E-state index in [1.54, 1.807) is 0 Å². The lowest BCUT2D eigenvalue weighted by atomic mass is 9.48. The van der Waals surface area contributed by atoms with Gasteiger partial charge in [0.05, 0.1) is 6.10 Å². The number of hydrogen-bond acceptors (Lipinski definition) is 2. The molecular weight excluding hydrogens is 296 g/mol. The van der Waals surface area contributed by atoms with Crippen molar-refractivity contribution >= 4 is 5.78 Å². The first kappa shape index (κ1) is 15.6. The fourth-order valence-electron chi connectivity index (χ4n) is 8.03. The van der Waals surface area contributed by atoms with E-state index in [0.717, 1.165) is 36.7 Å². The summed E-state index contributed by atoms with van der Waals surface area (Å²) in [6, 6.07) is 0. The topological polar surface area (TPSA) is 37.3 Å². The van der Waals surface area contributed by atoms with Crippen LogP contribution in [-0.4, -0.2) is 17.0 Å². The summed E-state index contributed by atoms with van der Waals surface area (Å²) in [5.41, 5.74) is 0.600. The molecule has 0 radical (unpaired) electrons. The number of aliphatic hydroxyl groups is 1. The smallest absolute Gasteiger partial charge is 0.165 e. The molecule has 0 saturated heterocycles. The molecule has 2 nitrogen and oxygen atoms in total. The van der Waals surface area contributed by atoms with Gasteiger partial charge in [-0.1, -0.05) is 26.8 Å². The van der Waals surface area contributed by atoms with Gasteiger partial charge in [-0.3, -0.25) is 4.79 Å². The van der Waals surface area contributed by atoms with Crippen molar-refractivity contribution in [3.63, 3.8) is 0 Å². The van der Waals surface area contributed by atoms with Crippen molar-refractivity contribution in [3.05, 3.63) is 12.2 Å². The maximum absolute atomic E-state index is 13.3. The molecule has 1 N–H and O–H groups in total. The van der Waals surface area contributed by atoms with Gasteiger partial charge in [-0.15, -0.1) is 0 Å². The third-order valence-corrected chi connectivity index (χ3v) is 9.32. The lowest BCUT2D eigenvalue weighted by molar-refractivity contribution is -0.151. The Balaban J connectivity index is 1.60. The molecule has 0 aliphatic heterocycles.